The number of aromatic amines is 1. The van der Waals surface area contributed by atoms with Crippen molar-refractivity contribution in [2.24, 2.45) is 0 Å². The Bertz CT molecular complexity index is 1250. The van der Waals surface area contributed by atoms with Gasteiger partial charge in [-0.3, -0.25) is 9.36 Å². The molecule has 0 spiro atoms. The highest BCUT2D eigenvalue weighted by atomic mass is 16.2. The van der Waals surface area contributed by atoms with E-state index in [9.17, 15) is 9.59 Å². The number of carbonyl (C=O) groups is 1. The number of amides is 1. The Kier molecular flexibility index (Phi) is 4.95. The first-order valence-electron chi connectivity index (χ1n) is 10.3. The summed E-state index contributed by atoms with van der Waals surface area (Å²) in [7, 11) is 0. The van der Waals surface area contributed by atoms with E-state index in [0.717, 1.165) is 42.8 Å². The van der Waals surface area contributed by atoms with E-state index in [0.29, 0.717) is 5.69 Å². The summed E-state index contributed by atoms with van der Waals surface area (Å²) < 4.78 is 1.87. The molecule has 8 heteroatoms. The van der Waals surface area contributed by atoms with Gasteiger partial charge in [0.2, 0.25) is 0 Å². The largest absolute Gasteiger partial charge is 0.355 e. The lowest BCUT2D eigenvalue weighted by Gasteiger charge is -2.33. The molecule has 3 heterocycles. The Morgan fingerprint density at radius 3 is 2.42 bits per heavy atom. The van der Waals surface area contributed by atoms with Crippen LogP contribution in [0.25, 0.3) is 11.0 Å². The number of hydrogen-bond donors (Lipinski definition) is 2. The fourth-order valence-electron chi connectivity index (χ4n) is 4.12. The molecule has 31 heavy (non-hydrogen) atoms. The van der Waals surface area contributed by atoms with Gasteiger partial charge in [0.05, 0.1) is 11.0 Å². The number of hydrogen-bond acceptors (Lipinski definition) is 5. The SMILES string of the molecule is O=C(Nc1ccccc1)c1ccc(N2CCC(n3c(=O)[nH]c4ccccc43)CC2)nn1. The molecular weight excluding hydrogens is 392 g/mol. The van der Waals surface area contributed by atoms with E-state index in [1.807, 2.05) is 65.2 Å². The average Bonchev–Trinajstić information content (AvgIpc) is 3.15. The molecule has 2 N–H and O–H groups in total. The molecule has 0 aliphatic carbocycles. The van der Waals surface area contributed by atoms with Crippen LogP contribution in [0.1, 0.15) is 29.4 Å². The highest BCUT2D eigenvalue weighted by Gasteiger charge is 2.24. The summed E-state index contributed by atoms with van der Waals surface area (Å²) in [6.07, 6.45) is 1.67. The minimum Gasteiger partial charge on any atom is -0.355 e. The molecule has 0 saturated carbocycles. The Hall–Kier alpha value is -3.94. The number of anilines is 2. The maximum absolute atomic E-state index is 12.5. The first-order chi connectivity index (χ1) is 15.2. The van der Waals surface area contributed by atoms with Crippen LogP contribution in [-0.4, -0.2) is 38.7 Å². The van der Waals surface area contributed by atoms with E-state index in [-0.39, 0.29) is 23.3 Å². The molecule has 1 aliphatic heterocycles. The van der Waals surface area contributed by atoms with Gasteiger partial charge in [-0.2, -0.15) is 0 Å². The maximum atomic E-state index is 12.5. The molecule has 1 fully saturated rings. The molecule has 0 radical (unpaired) electrons. The van der Waals surface area contributed by atoms with Crippen LogP contribution in [0, 0.1) is 0 Å². The molecule has 1 saturated heterocycles. The second-order valence-electron chi connectivity index (χ2n) is 7.63. The Morgan fingerprint density at radius 2 is 1.68 bits per heavy atom. The number of fused-ring (bicyclic) bond motifs is 1. The van der Waals surface area contributed by atoms with Crippen molar-refractivity contribution in [2.45, 2.75) is 18.9 Å². The molecule has 1 aliphatic rings. The number of imidazole rings is 1. The first-order valence-corrected chi connectivity index (χ1v) is 10.3. The number of H-pyrrole nitrogens is 1. The van der Waals surface area contributed by atoms with E-state index >= 15 is 0 Å². The number of carbonyl (C=O) groups excluding carboxylic acids is 1. The molecule has 8 nitrogen and oxygen atoms in total. The molecule has 1 amide bonds. The monoisotopic (exact) mass is 414 g/mol. The Morgan fingerprint density at radius 1 is 0.935 bits per heavy atom. The zero-order chi connectivity index (χ0) is 21.2. The first kappa shape index (κ1) is 19.0. The predicted octanol–water partition coefficient (Wildman–Crippen LogP) is 3.21. The van der Waals surface area contributed by atoms with E-state index in [1.165, 1.54) is 0 Å². The van der Waals surface area contributed by atoms with Crippen LogP contribution in [0.2, 0.25) is 0 Å². The van der Waals surface area contributed by atoms with Crippen molar-refractivity contribution in [1.29, 1.82) is 0 Å². The van der Waals surface area contributed by atoms with Crippen LogP contribution in [0.3, 0.4) is 0 Å². The van der Waals surface area contributed by atoms with E-state index in [2.05, 4.69) is 25.4 Å². The molecule has 0 atom stereocenters. The van der Waals surface area contributed by atoms with Gasteiger partial charge in [-0.25, -0.2) is 4.79 Å². The summed E-state index contributed by atoms with van der Waals surface area (Å²) in [5.74, 6) is 0.448. The predicted molar refractivity (Wildman–Crippen MR) is 119 cm³/mol. The van der Waals surface area contributed by atoms with Crippen LogP contribution < -0.4 is 15.9 Å². The number of para-hydroxylation sites is 3. The van der Waals surface area contributed by atoms with E-state index in [4.69, 9.17) is 0 Å². The normalized spacial score (nSPS) is 14.6. The lowest BCUT2D eigenvalue weighted by Crippen LogP contribution is -2.37. The zero-order valence-electron chi connectivity index (χ0n) is 16.9. The van der Waals surface area contributed by atoms with Gasteiger partial charge in [0.15, 0.2) is 11.5 Å². The number of rotatable bonds is 4. The van der Waals surface area contributed by atoms with Gasteiger partial charge >= 0.3 is 5.69 Å². The average molecular weight is 414 g/mol. The summed E-state index contributed by atoms with van der Waals surface area (Å²) in [4.78, 5) is 29.9. The van der Waals surface area contributed by atoms with Crippen molar-refractivity contribution in [1.82, 2.24) is 19.7 Å². The van der Waals surface area contributed by atoms with Crippen molar-refractivity contribution >= 4 is 28.4 Å². The molecule has 2 aromatic carbocycles. The topological polar surface area (TPSA) is 95.9 Å². The molecule has 0 bridgehead atoms. The Labute approximate surface area is 178 Å². The van der Waals surface area contributed by atoms with Crippen LogP contribution in [-0.2, 0) is 0 Å². The summed E-state index contributed by atoms with van der Waals surface area (Å²) in [5, 5.41) is 11.2. The van der Waals surface area contributed by atoms with Gasteiger partial charge in [0.25, 0.3) is 5.91 Å². The number of piperidine rings is 1. The number of nitrogens with one attached hydrogen (secondary N) is 2. The lowest BCUT2D eigenvalue weighted by molar-refractivity contribution is 0.102. The van der Waals surface area contributed by atoms with Gasteiger partial charge in [-0.1, -0.05) is 30.3 Å². The fraction of sp³-hybridized carbons (Fsp3) is 0.217. The minimum absolute atomic E-state index is 0.0618. The third kappa shape index (κ3) is 3.79. The van der Waals surface area contributed by atoms with Crippen molar-refractivity contribution in [2.75, 3.05) is 23.3 Å². The fourth-order valence-corrected chi connectivity index (χ4v) is 4.12. The third-order valence-electron chi connectivity index (χ3n) is 5.69. The molecule has 0 unspecified atom stereocenters. The van der Waals surface area contributed by atoms with Crippen molar-refractivity contribution in [3.05, 3.63) is 82.9 Å². The van der Waals surface area contributed by atoms with Gasteiger partial charge in [-0.15, -0.1) is 10.2 Å². The van der Waals surface area contributed by atoms with Crippen molar-refractivity contribution < 1.29 is 4.79 Å². The van der Waals surface area contributed by atoms with Gasteiger partial charge in [0, 0.05) is 24.8 Å². The molecule has 4 aromatic rings. The summed E-state index contributed by atoms with van der Waals surface area (Å²) in [6, 6.07) is 20.7. The van der Waals surface area contributed by atoms with Crippen LogP contribution in [0.15, 0.2) is 71.5 Å². The minimum atomic E-state index is -0.289. The smallest absolute Gasteiger partial charge is 0.326 e. The quantitative estimate of drug-likeness (QED) is 0.535. The van der Waals surface area contributed by atoms with Crippen LogP contribution >= 0.6 is 0 Å². The molecule has 2 aromatic heterocycles. The van der Waals surface area contributed by atoms with Gasteiger partial charge in [0.1, 0.15) is 0 Å². The third-order valence-corrected chi connectivity index (χ3v) is 5.69. The maximum Gasteiger partial charge on any atom is 0.326 e. The zero-order valence-corrected chi connectivity index (χ0v) is 16.9. The van der Waals surface area contributed by atoms with E-state index < -0.39 is 0 Å². The standard InChI is InChI=1S/C23H22N6O2/c30-22(24-16-6-2-1-3-7-16)19-10-11-21(27-26-19)28-14-12-17(13-15-28)29-20-9-5-4-8-18(20)25-23(29)31/h1-11,17H,12-15H2,(H,24,30)(H,25,31). The lowest BCUT2D eigenvalue weighted by atomic mass is 10.0. The van der Waals surface area contributed by atoms with Gasteiger partial charge in [-0.05, 0) is 49.2 Å². The summed E-state index contributed by atoms with van der Waals surface area (Å²) >= 11 is 0. The van der Waals surface area contributed by atoms with Crippen molar-refractivity contribution in [3.63, 3.8) is 0 Å². The highest BCUT2D eigenvalue weighted by Crippen LogP contribution is 2.27. The number of nitrogens with zero attached hydrogens (tertiary/aromatic N) is 4. The number of aromatic nitrogens is 4. The van der Waals surface area contributed by atoms with Crippen molar-refractivity contribution in [3.8, 4) is 0 Å². The van der Waals surface area contributed by atoms with E-state index in [1.54, 1.807) is 6.07 Å². The second kappa shape index (κ2) is 8.06. The Balaban J connectivity index is 1.25. The second-order valence-corrected chi connectivity index (χ2v) is 7.63. The summed E-state index contributed by atoms with van der Waals surface area (Å²) in [5.41, 5.74) is 2.73. The van der Waals surface area contributed by atoms with Crippen LogP contribution in [0.4, 0.5) is 11.5 Å². The molecule has 5 rings (SSSR count). The van der Waals surface area contributed by atoms with Crippen LogP contribution in [0.5, 0.6) is 0 Å². The van der Waals surface area contributed by atoms with Gasteiger partial charge < -0.3 is 15.2 Å². The molecule has 156 valence electrons. The highest BCUT2D eigenvalue weighted by molar-refractivity contribution is 6.02. The molecular formula is C23H22N6O2. The summed E-state index contributed by atoms with van der Waals surface area (Å²) in [6.45, 7) is 1.53. The number of benzene rings is 2.